The maximum Gasteiger partial charge on any atom is 0.338 e. The number of benzene rings is 1. The van der Waals surface area contributed by atoms with E-state index in [1.54, 1.807) is 0 Å². The summed E-state index contributed by atoms with van der Waals surface area (Å²) < 4.78 is 38.2. The van der Waals surface area contributed by atoms with Crippen LogP contribution < -0.4 is 4.72 Å². The first-order valence-electron chi connectivity index (χ1n) is 4.26. The van der Waals surface area contributed by atoms with Crippen LogP contribution in [0.25, 0.3) is 0 Å². The molecule has 0 fully saturated rings. The van der Waals surface area contributed by atoms with Crippen LogP contribution in [0.4, 0.5) is 4.39 Å². The molecule has 5 nitrogen and oxygen atoms in total. The number of sulfonamides is 1. The van der Waals surface area contributed by atoms with Crippen molar-refractivity contribution in [2.24, 2.45) is 0 Å². The molecule has 2 N–H and O–H groups in total. The lowest BCUT2D eigenvalue weighted by atomic mass is 10.1. The van der Waals surface area contributed by atoms with Crippen molar-refractivity contribution in [2.75, 3.05) is 7.05 Å². The van der Waals surface area contributed by atoms with Crippen LogP contribution in [0.5, 0.6) is 0 Å². The van der Waals surface area contributed by atoms with Gasteiger partial charge in [0.05, 0.1) is 10.5 Å². The molecular formula is C9H10FNO4S. The largest absolute Gasteiger partial charge is 0.478 e. The molecule has 0 aliphatic carbocycles. The summed E-state index contributed by atoms with van der Waals surface area (Å²) in [5.74, 6) is -2.43. The number of halogens is 1. The fourth-order valence-corrected chi connectivity index (χ4v) is 2.01. The van der Waals surface area contributed by atoms with Crippen LogP contribution in [0, 0.1) is 12.7 Å². The summed E-state index contributed by atoms with van der Waals surface area (Å²) in [4.78, 5) is 10.4. The molecule has 0 saturated heterocycles. The van der Waals surface area contributed by atoms with Gasteiger partial charge in [0.15, 0.2) is 0 Å². The van der Waals surface area contributed by atoms with E-state index < -0.39 is 27.4 Å². The molecule has 0 aliphatic rings. The average molecular weight is 247 g/mol. The molecule has 7 heteroatoms. The Labute approximate surface area is 92.0 Å². The van der Waals surface area contributed by atoms with Gasteiger partial charge >= 0.3 is 5.97 Å². The highest BCUT2D eigenvalue weighted by Gasteiger charge is 2.19. The lowest BCUT2D eigenvalue weighted by Crippen LogP contribution is -2.19. The fourth-order valence-electron chi connectivity index (χ4n) is 1.17. The number of aromatic carboxylic acids is 1. The van der Waals surface area contributed by atoms with Crippen molar-refractivity contribution in [2.45, 2.75) is 11.8 Å². The molecule has 88 valence electrons. The van der Waals surface area contributed by atoms with Crippen molar-refractivity contribution in [1.82, 2.24) is 4.72 Å². The topological polar surface area (TPSA) is 83.5 Å². The summed E-state index contributed by atoms with van der Waals surface area (Å²) in [6, 6.07) is 1.87. The predicted molar refractivity (Wildman–Crippen MR) is 54.3 cm³/mol. The molecule has 1 rings (SSSR count). The summed E-state index contributed by atoms with van der Waals surface area (Å²) in [7, 11) is -2.58. The van der Waals surface area contributed by atoms with Crippen molar-refractivity contribution in [3.63, 3.8) is 0 Å². The third kappa shape index (κ3) is 2.20. The Morgan fingerprint density at radius 3 is 2.44 bits per heavy atom. The smallest absolute Gasteiger partial charge is 0.338 e. The van der Waals surface area contributed by atoms with Gasteiger partial charge in [0.25, 0.3) is 0 Å². The van der Waals surface area contributed by atoms with Crippen molar-refractivity contribution in [3.05, 3.63) is 29.1 Å². The van der Waals surface area contributed by atoms with Gasteiger partial charge in [-0.25, -0.2) is 22.3 Å². The molecule has 0 aliphatic heterocycles. The van der Waals surface area contributed by atoms with Crippen molar-refractivity contribution >= 4 is 16.0 Å². The van der Waals surface area contributed by atoms with Crippen LogP contribution >= 0.6 is 0 Å². The fraction of sp³-hybridized carbons (Fsp3) is 0.222. The standard InChI is InChI=1S/C9H10FNO4S/c1-5-3-6(16(14,15)11-2)4-7(8(5)10)9(12)13/h3-4,11H,1-2H3,(H,12,13). The van der Waals surface area contributed by atoms with Crippen LogP contribution in [0.3, 0.4) is 0 Å². The first-order valence-corrected chi connectivity index (χ1v) is 5.75. The van der Waals surface area contributed by atoms with E-state index in [1.165, 1.54) is 14.0 Å². The Bertz CT molecular complexity index is 539. The average Bonchev–Trinajstić information content (AvgIpc) is 2.21. The molecule has 0 atom stereocenters. The number of rotatable bonds is 3. The molecule has 16 heavy (non-hydrogen) atoms. The second-order valence-corrected chi connectivity index (χ2v) is 5.00. The summed E-state index contributed by atoms with van der Waals surface area (Å²) in [5.41, 5.74) is -0.692. The number of carbonyl (C=O) groups is 1. The first-order chi connectivity index (χ1) is 7.29. The van der Waals surface area contributed by atoms with Crippen molar-refractivity contribution < 1.29 is 22.7 Å². The molecule has 0 amide bonds. The maximum absolute atomic E-state index is 13.3. The molecule has 0 unspecified atom stereocenters. The predicted octanol–water partition coefficient (Wildman–Crippen LogP) is 0.740. The van der Waals surface area contributed by atoms with Gasteiger partial charge in [0, 0.05) is 0 Å². The van der Waals surface area contributed by atoms with Crippen LogP contribution in [0.1, 0.15) is 15.9 Å². The van der Waals surface area contributed by atoms with Gasteiger partial charge in [0.1, 0.15) is 5.82 Å². The van der Waals surface area contributed by atoms with Crippen LogP contribution in [0.15, 0.2) is 17.0 Å². The van der Waals surface area contributed by atoms with Gasteiger partial charge in [-0.2, -0.15) is 0 Å². The molecule has 0 aromatic heterocycles. The SMILES string of the molecule is CNS(=O)(=O)c1cc(C)c(F)c(C(=O)O)c1. The highest BCUT2D eigenvalue weighted by atomic mass is 32.2. The molecule has 1 aromatic carbocycles. The molecule has 0 heterocycles. The number of carboxylic acids is 1. The van der Waals surface area contributed by atoms with E-state index in [0.29, 0.717) is 0 Å². The molecule has 0 radical (unpaired) electrons. The van der Waals surface area contributed by atoms with Crippen LogP contribution in [0.2, 0.25) is 0 Å². The third-order valence-corrected chi connectivity index (χ3v) is 3.43. The van der Waals surface area contributed by atoms with Gasteiger partial charge in [-0.05, 0) is 31.7 Å². The van der Waals surface area contributed by atoms with Crippen molar-refractivity contribution in [3.8, 4) is 0 Å². The monoisotopic (exact) mass is 247 g/mol. The summed E-state index contributed by atoms with van der Waals surface area (Å²) in [6.45, 7) is 1.30. The zero-order valence-electron chi connectivity index (χ0n) is 8.61. The summed E-state index contributed by atoms with van der Waals surface area (Å²) in [5, 5.41) is 8.70. The Balaban J connectivity index is 3.53. The second-order valence-electron chi connectivity index (χ2n) is 3.11. The number of nitrogens with one attached hydrogen (secondary N) is 1. The maximum atomic E-state index is 13.3. The normalized spacial score (nSPS) is 11.4. The number of aryl methyl sites for hydroxylation is 1. The Morgan fingerprint density at radius 1 is 1.44 bits per heavy atom. The van der Waals surface area contributed by atoms with Crippen molar-refractivity contribution in [1.29, 1.82) is 0 Å². The highest BCUT2D eigenvalue weighted by Crippen LogP contribution is 2.19. The number of hydrogen-bond donors (Lipinski definition) is 2. The third-order valence-electron chi connectivity index (χ3n) is 2.04. The van der Waals surface area contributed by atoms with Crippen LogP contribution in [-0.4, -0.2) is 26.5 Å². The van der Waals surface area contributed by atoms with Crippen LogP contribution in [-0.2, 0) is 10.0 Å². The Kier molecular flexibility index (Phi) is 3.30. The minimum Gasteiger partial charge on any atom is -0.478 e. The lowest BCUT2D eigenvalue weighted by molar-refractivity contribution is 0.0691. The molecule has 0 saturated carbocycles. The minimum atomic E-state index is -3.77. The first kappa shape index (κ1) is 12.6. The van der Waals surface area contributed by atoms with Gasteiger partial charge in [0.2, 0.25) is 10.0 Å². The lowest BCUT2D eigenvalue weighted by Gasteiger charge is -2.07. The number of hydrogen-bond acceptors (Lipinski definition) is 3. The Hall–Kier alpha value is -1.47. The highest BCUT2D eigenvalue weighted by molar-refractivity contribution is 7.89. The van der Waals surface area contributed by atoms with Gasteiger partial charge in [-0.15, -0.1) is 0 Å². The molecule has 0 bridgehead atoms. The molecular weight excluding hydrogens is 237 g/mol. The van der Waals surface area contributed by atoms with E-state index >= 15 is 0 Å². The quantitative estimate of drug-likeness (QED) is 0.825. The van der Waals surface area contributed by atoms with E-state index in [9.17, 15) is 17.6 Å². The van der Waals surface area contributed by atoms with Gasteiger partial charge in [-0.1, -0.05) is 0 Å². The van der Waals surface area contributed by atoms with E-state index in [0.717, 1.165) is 12.1 Å². The zero-order valence-corrected chi connectivity index (χ0v) is 9.43. The second kappa shape index (κ2) is 4.18. The van der Waals surface area contributed by atoms with Gasteiger partial charge < -0.3 is 5.11 Å². The Morgan fingerprint density at radius 2 is 2.00 bits per heavy atom. The zero-order chi connectivity index (χ0) is 12.5. The summed E-state index contributed by atoms with van der Waals surface area (Å²) >= 11 is 0. The summed E-state index contributed by atoms with van der Waals surface area (Å²) in [6.07, 6.45) is 0. The van der Waals surface area contributed by atoms with E-state index in [2.05, 4.69) is 0 Å². The van der Waals surface area contributed by atoms with E-state index in [1.807, 2.05) is 4.72 Å². The van der Waals surface area contributed by atoms with E-state index in [-0.39, 0.29) is 10.5 Å². The molecule has 0 spiro atoms. The molecule has 1 aromatic rings. The minimum absolute atomic E-state index is 0.0336. The number of carboxylic acid groups (broad SMARTS) is 1. The van der Waals surface area contributed by atoms with Gasteiger partial charge in [-0.3, -0.25) is 0 Å². The van der Waals surface area contributed by atoms with E-state index in [4.69, 9.17) is 5.11 Å².